The lowest BCUT2D eigenvalue weighted by atomic mass is 9.85. The number of carbonyl (C=O) groups excluding carboxylic acids is 2. The zero-order chi connectivity index (χ0) is 18.1. The van der Waals surface area contributed by atoms with Gasteiger partial charge in [-0.05, 0) is 31.2 Å². The molecule has 2 aromatic rings. The predicted octanol–water partition coefficient (Wildman–Crippen LogP) is 3.18. The highest BCUT2D eigenvalue weighted by atomic mass is 16.6. The molecule has 6 nitrogen and oxygen atoms in total. The first-order valence-corrected chi connectivity index (χ1v) is 9.13. The Morgan fingerprint density at radius 3 is 2.46 bits per heavy atom. The van der Waals surface area contributed by atoms with Crippen molar-refractivity contribution in [1.29, 1.82) is 0 Å². The van der Waals surface area contributed by atoms with E-state index in [1.165, 1.54) is 0 Å². The number of benzene rings is 1. The van der Waals surface area contributed by atoms with Crippen LogP contribution in [0.4, 0.5) is 4.79 Å². The molecular weight excluding hydrogens is 330 g/mol. The summed E-state index contributed by atoms with van der Waals surface area (Å²) >= 11 is 0. The highest BCUT2D eigenvalue weighted by Crippen LogP contribution is 2.40. The summed E-state index contributed by atoms with van der Waals surface area (Å²) < 4.78 is 7.17. The van der Waals surface area contributed by atoms with Crippen LogP contribution < -0.4 is 0 Å². The minimum atomic E-state index is -0.256. The van der Waals surface area contributed by atoms with Gasteiger partial charge in [0.05, 0.1) is 11.8 Å². The normalized spacial score (nSPS) is 24.5. The van der Waals surface area contributed by atoms with E-state index in [2.05, 4.69) is 5.10 Å². The first-order valence-electron chi connectivity index (χ1n) is 9.13. The Morgan fingerprint density at radius 2 is 1.85 bits per heavy atom. The molecular formula is C20H23N3O3. The maximum atomic E-state index is 12.7. The summed E-state index contributed by atoms with van der Waals surface area (Å²) in [4.78, 5) is 27.2. The smallest absolute Gasteiger partial charge is 0.410 e. The molecule has 2 unspecified atom stereocenters. The number of fused-ring (bicyclic) bond motifs is 2. The van der Waals surface area contributed by atoms with E-state index in [4.69, 9.17) is 4.74 Å². The van der Waals surface area contributed by atoms with Crippen molar-refractivity contribution in [3.63, 3.8) is 0 Å². The van der Waals surface area contributed by atoms with Crippen LogP contribution >= 0.6 is 0 Å². The van der Waals surface area contributed by atoms with Crippen molar-refractivity contribution in [2.24, 2.45) is 13.0 Å². The van der Waals surface area contributed by atoms with Crippen LogP contribution in [0.3, 0.4) is 0 Å². The fraction of sp³-hybridized carbons (Fsp3) is 0.450. The average molecular weight is 353 g/mol. The molecule has 2 saturated heterocycles. The molecule has 2 bridgehead atoms. The Morgan fingerprint density at radius 1 is 1.15 bits per heavy atom. The van der Waals surface area contributed by atoms with Gasteiger partial charge in [0, 0.05) is 31.2 Å². The summed E-state index contributed by atoms with van der Waals surface area (Å²) in [6.45, 7) is 0.285. The quantitative estimate of drug-likeness (QED) is 0.792. The van der Waals surface area contributed by atoms with Crippen molar-refractivity contribution < 1.29 is 14.3 Å². The van der Waals surface area contributed by atoms with Gasteiger partial charge in [0.25, 0.3) is 0 Å². The number of aromatic nitrogens is 2. The molecule has 0 radical (unpaired) electrons. The summed E-state index contributed by atoms with van der Waals surface area (Å²) in [6.07, 6.45) is 6.46. The molecule has 26 heavy (non-hydrogen) atoms. The lowest BCUT2D eigenvalue weighted by Gasteiger charge is -2.37. The molecule has 3 heterocycles. The zero-order valence-electron chi connectivity index (χ0n) is 14.9. The fourth-order valence-corrected chi connectivity index (χ4v) is 4.27. The van der Waals surface area contributed by atoms with Gasteiger partial charge in [-0.25, -0.2) is 4.79 Å². The number of nitrogens with zero attached hydrogens (tertiary/aromatic N) is 3. The van der Waals surface area contributed by atoms with E-state index in [1.54, 1.807) is 17.1 Å². The van der Waals surface area contributed by atoms with E-state index in [9.17, 15) is 9.59 Å². The molecule has 2 atom stereocenters. The van der Waals surface area contributed by atoms with Crippen LogP contribution in [0.25, 0.3) is 0 Å². The molecule has 1 aromatic heterocycles. The predicted molar refractivity (Wildman–Crippen MR) is 95.5 cm³/mol. The minimum Gasteiger partial charge on any atom is -0.445 e. The molecule has 6 heteroatoms. The Bertz CT molecular complexity index is 788. The van der Waals surface area contributed by atoms with E-state index in [0.29, 0.717) is 18.4 Å². The first-order chi connectivity index (χ1) is 12.6. The zero-order valence-corrected chi connectivity index (χ0v) is 14.9. The van der Waals surface area contributed by atoms with E-state index < -0.39 is 0 Å². The summed E-state index contributed by atoms with van der Waals surface area (Å²) in [5.41, 5.74) is 1.65. The lowest BCUT2D eigenvalue weighted by Crippen LogP contribution is -2.48. The molecule has 0 aliphatic carbocycles. The second-order valence-corrected chi connectivity index (χ2v) is 7.27. The summed E-state index contributed by atoms with van der Waals surface area (Å²) in [5, 5.41) is 4.09. The number of rotatable bonds is 4. The molecule has 1 amide bonds. The number of aryl methyl sites for hydroxylation is 1. The number of hydrogen-bond donors (Lipinski definition) is 0. The summed E-state index contributed by atoms with van der Waals surface area (Å²) in [6, 6.07) is 9.90. The van der Waals surface area contributed by atoms with Gasteiger partial charge in [-0.15, -0.1) is 0 Å². The molecule has 0 spiro atoms. The van der Waals surface area contributed by atoms with Crippen LogP contribution in [-0.2, 0) is 18.4 Å². The number of ether oxygens (including phenoxy) is 1. The van der Waals surface area contributed by atoms with Crippen molar-refractivity contribution >= 4 is 11.9 Å². The molecule has 0 N–H and O–H groups in total. The Hall–Kier alpha value is -2.63. The van der Waals surface area contributed by atoms with Crippen LogP contribution in [0.2, 0.25) is 0 Å². The van der Waals surface area contributed by atoms with Crippen molar-refractivity contribution in [2.75, 3.05) is 0 Å². The maximum Gasteiger partial charge on any atom is 0.410 e. The highest BCUT2D eigenvalue weighted by molar-refractivity contribution is 5.97. The van der Waals surface area contributed by atoms with Crippen LogP contribution in [0.1, 0.15) is 41.6 Å². The minimum absolute atomic E-state index is 0.0325. The topological polar surface area (TPSA) is 64.4 Å². The van der Waals surface area contributed by atoms with Crippen LogP contribution in [0, 0.1) is 5.92 Å². The third-order valence-electron chi connectivity index (χ3n) is 5.51. The largest absolute Gasteiger partial charge is 0.445 e. The van der Waals surface area contributed by atoms with E-state index in [1.807, 2.05) is 42.3 Å². The summed E-state index contributed by atoms with van der Waals surface area (Å²) in [5.74, 6) is 0.113. The van der Waals surface area contributed by atoms with Gasteiger partial charge in [0.2, 0.25) is 0 Å². The lowest BCUT2D eigenvalue weighted by molar-refractivity contribution is 0.0485. The third-order valence-corrected chi connectivity index (χ3v) is 5.51. The van der Waals surface area contributed by atoms with Gasteiger partial charge >= 0.3 is 6.09 Å². The van der Waals surface area contributed by atoms with Crippen molar-refractivity contribution in [1.82, 2.24) is 14.7 Å². The molecule has 2 aliphatic rings. The highest BCUT2D eigenvalue weighted by Gasteiger charge is 2.46. The number of ketones is 1. The maximum absolute atomic E-state index is 12.7. The molecule has 0 saturated carbocycles. The number of Topliss-reactive ketones (excluding diaryl/α,β-unsaturated/α-hetero) is 1. The monoisotopic (exact) mass is 353 g/mol. The van der Waals surface area contributed by atoms with E-state index in [-0.39, 0.29) is 36.5 Å². The van der Waals surface area contributed by atoms with Crippen LogP contribution in [-0.4, -0.2) is 38.6 Å². The second kappa shape index (κ2) is 6.94. The van der Waals surface area contributed by atoms with Crippen LogP contribution in [0.5, 0.6) is 0 Å². The molecule has 136 valence electrons. The van der Waals surface area contributed by atoms with Gasteiger partial charge in [-0.1, -0.05) is 30.3 Å². The van der Waals surface area contributed by atoms with E-state index >= 15 is 0 Å². The van der Waals surface area contributed by atoms with Crippen LogP contribution in [0.15, 0.2) is 42.7 Å². The van der Waals surface area contributed by atoms with Gasteiger partial charge in [0.15, 0.2) is 5.78 Å². The van der Waals surface area contributed by atoms with E-state index in [0.717, 1.165) is 18.4 Å². The van der Waals surface area contributed by atoms with Gasteiger partial charge in [-0.3, -0.25) is 9.48 Å². The fourth-order valence-electron chi connectivity index (χ4n) is 4.27. The second-order valence-electron chi connectivity index (χ2n) is 7.27. The third kappa shape index (κ3) is 3.23. The number of hydrogen-bond acceptors (Lipinski definition) is 4. The van der Waals surface area contributed by atoms with Crippen molar-refractivity contribution in [3.05, 3.63) is 53.9 Å². The number of amides is 1. The van der Waals surface area contributed by atoms with Crippen molar-refractivity contribution in [3.8, 4) is 0 Å². The molecule has 2 aliphatic heterocycles. The SMILES string of the molecule is Cn1cc(C(=O)C2CC3CCC(C2)N3C(=O)OCc2ccccc2)cn1. The Labute approximate surface area is 152 Å². The van der Waals surface area contributed by atoms with Gasteiger partial charge in [0.1, 0.15) is 6.61 Å². The van der Waals surface area contributed by atoms with Gasteiger partial charge in [-0.2, -0.15) is 5.10 Å². The number of carbonyl (C=O) groups is 2. The molecule has 1 aromatic carbocycles. The Kier molecular flexibility index (Phi) is 4.49. The standard InChI is InChI=1S/C20H23N3O3/c1-22-12-16(11-21-22)19(24)15-9-17-7-8-18(10-15)23(17)20(25)26-13-14-5-3-2-4-6-14/h2-6,11-12,15,17-18H,7-10,13H2,1H3. The van der Waals surface area contributed by atoms with Gasteiger partial charge < -0.3 is 9.64 Å². The Balaban J connectivity index is 1.39. The number of piperidine rings is 1. The molecule has 2 fully saturated rings. The summed E-state index contributed by atoms with van der Waals surface area (Å²) in [7, 11) is 1.81. The molecule has 4 rings (SSSR count). The van der Waals surface area contributed by atoms with Crippen molar-refractivity contribution in [2.45, 2.75) is 44.4 Å². The first kappa shape index (κ1) is 16.8. The average Bonchev–Trinajstić information content (AvgIpc) is 3.20.